The van der Waals surface area contributed by atoms with Gasteiger partial charge in [-0.1, -0.05) is 12.2 Å². The number of hydrogen-bond acceptors (Lipinski definition) is 5. The number of alkyl halides is 1. The van der Waals surface area contributed by atoms with Gasteiger partial charge in [0.2, 0.25) is 5.91 Å². The van der Waals surface area contributed by atoms with Gasteiger partial charge in [0.25, 0.3) is 0 Å². The SMILES string of the molecule is CCOP(=O)(OCC)C(F)C(=S)NCCO. The molecule has 1 atom stereocenters. The van der Waals surface area contributed by atoms with Crippen LogP contribution < -0.4 is 5.32 Å². The van der Waals surface area contributed by atoms with Crippen LogP contribution >= 0.6 is 19.8 Å². The van der Waals surface area contributed by atoms with Crippen molar-refractivity contribution in [1.82, 2.24) is 5.32 Å². The van der Waals surface area contributed by atoms with Crippen molar-refractivity contribution in [3.05, 3.63) is 0 Å². The average molecular weight is 273 g/mol. The number of thiocarbonyl (C=S) groups is 1. The molecule has 8 heteroatoms. The maximum absolute atomic E-state index is 13.7. The topological polar surface area (TPSA) is 67.8 Å². The third-order valence-electron chi connectivity index (χ3n) is 1.52. The van der Waals surface area contributed by atoms with Crippen molar-refractivity contribution >= 4 is 24.8 Å². The van der Waals surface area contributed by atoms with E-state index in [1.54, 1.807) is 13.8 Å². The summed E-state index contributed by atoms with van der Waals surface area (Å²) in [6.45, 7) is 3.21. The monoisotopic (exact) mass is 273 g/mol. The highest BCUT2D eigenvalue weighted by atomic mass is 32.1. The lowest BCUT2D eigenvalue weighted by Crippen LogP contribution is -2.33. The fourth-order valence-corrected chi connectivity index (χ4v) is 2.86. The molecule has 0 saturated carbocycles. The minimum atomic E-state index is -3.86. The first kappa shape index (κ1) is 15.9. The molecule has 0 aromatic rings. The van der Waals surface area contributed by atoms with Crippen molar-refractivity contribution in [2.45, 2.75) is 19.8 Å². The number of aliphatic hydroxyl groups is 1. The average Bonchev–Trinajstić information content (AvgIpc) is 2.25. The third-order valence-corrected chi connectivity index (χ3v) is 4.10. The summed E-state index contributed by atoms with van der Waals surface area (Å²) < 4.78 is 35.3. The molecule has 0 spiro atoms. The Kier molecular flexibility index (Phi) is 8.05. The molecule has 0 amide bonds. The fraction of sp³-hybridized carbons (Fsp3) is 0.875. The Morgan fingerprint density at radius 2 is 2.00 bits per heavy atom. The molecule has 0 bridgehead atoms. The van der Waals surface area contributed by atoms with Gasteiger partial charge in [-0.25, -0.2) is 4.39 Å². The quantitative estimate of drug-likeness (QED) is 0.515. The summed E-state index contributed by atoms with van der Waals surface area (Å²) in [6.07, 6.45) is 0. The number of rotatable bonds is 8. The van der Waals surface area contributed by atoms with Crippen LogP contribution in [0, 0.1) is 0 Å². The van der Waals surface area contributed by atoms with Crippen molar-refractivity contribution in [2.24, 2.45) is 0 Å². The lowest BCUT2D eigenvalue weighted by Gasteiger charge is -2.21. The smallest absolute Gasteiger partial charge is 0.371 e. The van der Waals surface area contributed by atoms with Gasteiger partial charge in [-0.15, -0.1) is 0 Å². The van der Waals surface area contributed by atoms with Crippen LogP contribution in [-0.2, 0) is 13.6 Å². The Bertz CT molecular complexity index is 256. The van der Waals surface area contributed by atoms with Crippen LogP contribution in [0.5, 0.6) is 0 Å². The molecule has 0 saturated heterocycles. The fourth-order valence-electron chi connectivity index (χ4n) is 0.935. The summed E-state index contributed by atoms with van der Waals surface area (Å²) in [4.78, 5) is -0.278. The zero-order valence-electron chi connectivity index (χ0n) is 9.31. The van der Waals surface area contributed by atoms with E-state index in [1.807, 2.05) is 0 Å². The molecule has 0 heterocycles. The molecular weight excluding hydrogens is 256 g/mol. The van der Waals surface area contributed by atoms with Crippen molar-refractivity contribution < 1.29 is 23.1 Å². The molecule has 0 aromatic carbocycles. The standard InChI is InChI=1S/C8H17FNO4PS/c1-3-13-15(12,14-4-2)7(9)8(16)10-5-6-11/h7,11H,3-6H2,1-2H3,(H,10,16). The van der Waals surface area contributed by atoms with E-state index < -0.39 is 13.5 Å². The van der Waals surface area contributed by atoms with E-state index in [9.17, 15) is 8.96 Å². The molecule has 0 fully saturated rings. The highest BCUT2D eigenvalue weighted by molar-refractivity contribution is 7.81. The largest absolute Gasteiger partial charge is 0.395 e. The second-order valence-electron chi connectivity index (χ2n) is 2.73. The minimum absolute atomic E-state index is 0.0698. The van der Waals surface area contributed by atoms with Gasteiger partial charge in [0.15, 0.2) is 0 Å². The van der Waals surface area contributed by atoms with Crippen LogP contribution in [0.2, 0.25) is 0 Å². The number of nitrogens with one attached hydrogen (secondary N) is 1. The van der Waals surface area contributed by atoms with Gasteiger partial charge < -0.3 is 19.5 Å². The van der Waals surface area contributed by atoms with Crippen LogP contribution in [0.25, 0.3) is 0 Å². The molecule has 0 aromatic heterocycles. The molecule has 2 N–H and O–H groups in total. The van der Waals surface area contributed by atoms with Crippen LogP contribution in [-0.4, -0.2) is 42.4 Å². The Morgan fingerprint density at radius 1 is 1.50 bits per heavy atom. The predicted molar refractivity (Wildman–Crippen MR) is 63.4 cm³/mol. The van der Waals surface area contributed by atoms with E-state index in [1.165, 1.54) is 0 Å². The summed E-state index contributed by atoms with van der Waals surface area (Å²) in [5.74, 6) is -2.01. The first-order valence-electron chi connectivity index (χ1n) is 4.93. The molecular formula is C8H17FNO4PS. The molecule has 5 nitrogen and oxygen atoms in total. The molecule has 16 heavy (non-hydrogen) atoms. The van der Waals surface area contributed by atoms with Crippen molar-refractivity contribution in [3.8, 4) is 0 Å². The number of halogens is 1. The van der Waals surface area contributed by atoms with Gasteiger partial charge in [-0.3, -0.25) is 4.57 Å². The van der Waals surface area contributed by atoms with Gasteiger partial charge in [0, 0.05) is 6.54 Å². The Labute approximate surface area is 99.9 Å². The zero-order valence-corrected chi connectivity index (χ0v) is 11.0. The van der Waals surface area contributed by atoms with E-state index in [4.69, 9.17) is 14.2 Å². The van der Waals surface area contributed by atoms with E-state index in [2.05, 4.69) is 17.5 Å². The molecule has 1 unspecified atom stereocenters. The highest BCUT2D eigenvalue weighted by Crippen LogP contribution is 2.53. The van der Waals surface area contributed by atoms with Crippen molar-refractivity contribution in [3.63, 3.8) is 0 Å². The van der Waals surface area contributed by atoms with E-state index in [0.717, 1.165) is 0 Å². The van der Waals surface area contributed by atoms with Crippen molar-refractivity contribution in [2.75, 3.05) is 26.4 Å². The Morgan fingerprint density at radius 3 is 2.38 bits per heavy atom. The van der Waals surface area contributed by atoms with Crippen LogP contribution in [0.4, 0.5) is 4.39 Å². The summed E-state index contributed by atoms with van der Waals surface area (Å²) in [5.41, 5.74) is 0. The number of hydrogen-bond donors (Lipinski definition) is 2. The van der Waals surface area contributed by atoms with Crippen LogP contribution in [0.15, 0.2) is 0 Å². The van der Waals surface area contributed by atoms with Gasteiger partial charge >= 0.3 is 7.60 Å². The lowest BCUT2D eigenvalue weighted by molar-refractivity contribution is 0.201. The summed E-state index contributed by atoms with van der Waals surface area (Å²) in [7, 11) is -3.86. The van der Waals surface area contributed by atoms with Gasteiger partial charge in [0.05, 0.1) is 19.8 Å². The maximum atomic E-state index is 13.7. The second-order valence-corrected chi connectivity index (χ2v) is 5.22. The van der Waals surface area contributed by atoms with E-state index in [0.29, 0.717) is 0 Å². The van der Waals surface area contributed by atoms with Crippen LogP contribution in [0.1, 0.15) is 13.8 Å². The Hall–Kier alpha value is -0.0700. The Balaban J connectivity index is 4.53. The lowest BCUT2D eigenvalue weighted by atomic mass is 10.6. The first-order valence-corrected chi connectivity index (χ1v) is 6.95. The molecule has 96 valence electrons. The second kappa shape index (κ2) is 8.08. The number of aliphatic hydroxyl groups excluding tert-OH is 1. The maximum Gasteiger partial charge on any atom is 0.371 e. The van der Waals surface area contributed by atoms with E-state index in [-0.39, 0.29) is 31.4 Å². The summed E-state index contributed by atoms with van der Waals surface area (Å²) in [5, 5.41) is 11.0. The summed E-state index contributed by atoms with van der Waals surface area (Å²) in [6, 6.07) is 0. The zero-order chi connectivity index (χ0) is 12.6. The minimum Gasteiger partial charge on any atom is -0.395 e. The van der Waals surface area contributed by atoms with Gasteiger partial charge in [-0.2, -0.15) is 0 Å². The highest BCUT2D eigenvalue weighted by Gasteiger charge is 2.39. The molecule has 0 aliphatic heterocycles. The molecule has 0 radical (unpaired) electrons. The van der Waals surface area contributed by atoms with Gasteiger partial charge in [0.1, 0.15) is 4.99 Å². The molecule has 0 aliphatic carbocycles. The summed E-state index contributed by atoms with van der Waals surface area (Å²) >= 11 is 4.69. The van der Waals surface area contributed by atoms with Crippen molar-refractivity contribution in [1.29, 1.82) is 0 Å². The predicted octanol–water partition coefficient (Wildman–Crippen LogP) is 1.46. The van der Waals surface area contributed by atoms with Crippen LogP contribution in [0.3, 0.4) is 0 Å². The first-order chi connectivity index (χ1) is 7.51. The third kappa shape index (κ3) is 4.84. The van der Waals surface area contributed by atoms with E-state index >= 15 is 0 Å². The molecule has 0 aliphatic rings. The van der Waals surface area contributed by atoms with Gasteiger partial charge in [-0.05, 0) is 13.8 Å². The normalized spacial score (nSPS) is 13.5. The molecule has 0 rings (SSSR count).